The fourth-order valence-corrected chi connectivity index (χ4v) is 0.827. The Kier molecular flexibility index (Phi) is 2.65. The molecular weight excluding hydrogens is 136 g/mol. The molecule has 2 heteroatoms. The molecule has 11 heavy (non-hydrogen) atoms. The van der Waals surface area contributed by atoms with E-state index in [4.69, 9.17) is 12.2 Å². The molecule has 0 aliphatic rings. The largest absolute Gasteiger partial charge is 0.322 e. The second kappa shape index (κ2) is 3.75. The Bertz CT molecular complexity index is 248. The molecule has 0 fully saturated rings. The number of aromatic nitrogens is 1. The quantitative estimate of drug-likeness (QED) is 0.635. The third-order valence-corrected chi connectivity index (χ3v) is 1.41. The van der Waals surface area contributed by atoms with Gasteiger partial charge >= 0.3 is 0 Å². The van der Waals surface area contributed by atoms with Gasteiger partial charge in [0.05, 0.1) is 11.7 Å². The summed E-state index contributed by atoms with van der Waals surface area (Å²) in [5.41, 5.74) is 6.55. The van der Waals surface area contributed by atoms with Crippen molar-refractivity contribution in [3.63, 3.8) is 0 Å². The number of hydrogen-bond acceptors (Lipinski definition) is 2. The van der Waals surface area contributed by atoms with Gasteiger partial charge in [-0.05, 0) is 12.1 Å². The van der Waals surface area contributed by atoms with Gasteiger partial charge in [-0.25, -0.2) is 0 Å². The highest BCUT2D eigenvalue weighted by Gasteiger charge is 2.02. The highest BCUT2D eigenvalue weighted by Crippen LogP contribution is 2.08. The van der Waals surface area contributed by atoms with Crippen molar-refractivity contribution in [2.24, 2.45) is 5.73 Å². The minimum atomic E-state index is -0.124. The second-order valence-corrected chi connectivity index (χ2v) is 2.27. The summed E-state index contributed by atoms with van der Waals surface area (Å²) in [6, 6.07) is 5.51. The molecule has 0 aliphatic heterocycles. The lowest BCUT2D eigenvalue weighted by Gasteiger charge is -2.05. The van der Waals surface area contributed by atoms with Gasteiger partial charge in [-0.15, -0.1) is 12.3 Å². The number of pyridine rings is 1. The van der Waals surface area contributed by atoms with Crippen LogP contribution in [-0.4, -0.2) is 4.98 Å². The Hall–Kier alpha value is -1.33. The van der Waals surface area contributed by atoms with Crippen molar-refractivity contribution in [1.82, 2.24) is 4.98 Å². The Balaban J connectivity index is 2.70. The minimum Gasteiger partial charge on any atom is -0.322 e. The molecule has 0 saturated carbocycles. The molecule has 1 aromatic rings. The molecular formula is C9H10N2. The van der Waals surface area contributed by atoms with Gasteiger partial charge in [0.15, 0.2) is 0 Å². The predicted molar refractivity (Wildman–Crippen MR) is 44.6 cm³/mol. The molecule has 0 spiro atoms. The highest BCUT2D eigenvalue weighted by atomic mass is 14.8. The zero-order valence-electron chi connectivity index (χ0n) is 6.20. The van der Waals surface area contributed by atoms with Crippen LogP contribution in [-0.2, 0) is 0 Å². The van der Waals surface area contributed by atoms with Crippen LogP contribution in [0.25, 0.3) is 0 Å². The molecule has 0 aromatic carbocycles. The van der Waals surface area contributed by atoms with E-state index in [2.05, 4.69) is 10.9 Å². The lowest BCUT2D eigenvalue weighted by Crippen LogP contribution is -2.10. The van der Waals surface area contributed by atoms with Gasteiger partial charge < -0.3 is 5.73 Å². The minimum absolute atomic E-state index is 0.124. The maximum Gasteiger partial charge on any atom is 0.0580 e. The van der Waals surface area contributed by atoms with E-state index in [0.29, 0.717) is 6.42 Å². The molecule has 1 rings (SSSR count). The lowest BCUT2D eigenvalue weighted by atomic mass is 10.1. The summed E-state index contributed by atoms with van der Waals surface area (Å²) in [6.45, 7) is 0. The van der Waals surface area contributed by atoms with Crippen molar-refractivity contribution in [2.45, 2.75) is 12.5 Å². The molecule has 1 unspecified atom stereocenters. The maximum absolute atomic E-state index is 5.70. The van der Waals surface area contributed by atoms with Crippen molar-refractivity contribution < 1.29 is 0 Å². The van der Waals surface area contributed by atoms with Crippen molar-refractivity contribution >= 4 is 0 Å². The first-order valence-electron chi connectivity index (χ1n) is 3.44. The molecule has 0 radical (unpaired) electrons. The Labute approximate surface area is 66.4 Å². The maximum atomic E-state index is 5.70. The fourth-order valence-electron chi connectivity index (χ4n) is 0.827. The van der Waals surface area contributed by atoms with Crippen LogP contribution >= 0.6 is 0 Å². The Morgan fingerprint density at radius 3 is 3.00 bits per heavy atom. The fraction of sp³-hybridized carbons (Fsp3) is 0.222. The average molecular weight is 146 g/mol. The van der Waals surface area contributed by atoms with Crippen LogP contribution in [0.3, 0.4) is 0 Å². The van der Waals surface area contributed by atoms with E-state index in [1.807, 2.05) is 18.2 Å². The molecule has 2 nitrogen and oxygen atoms in total. The number of nitrogens with two attached hydrogens (primary N) is 1. The SMILES string of the molecule is C#CCC(N)c1ccccn1. The van der Waals surface area contributed by atoms with Crippen LogP contribution in [0.5, 0.6) is 0 Å². The van der Waals surface area contributed by atoms with Gasteiger partial charge in [-0.3, -0.25) is 4.98 Å². The molecule has 1 heterocycles. The number of nitrogens with zero attached hydrogens (tertiary/aromatic N) is 1. The van der Waals surface area contributed by atoms with Crippen molar-refractivity contribution in [3.8, 4) is 12.3 Å². The summed E-state index contributed by atoms with van der Waals surface area (Å²) in [4.78, 5) is 4.08. The van der Waals surface area contributed by atoms with Crippen molar-refractivity contribution in [3.05, 3.63) is 30.1 Å². The zero-order chi connectivity index (χ0) is 8.10. The summed E-state index contributed by atoms with van der Waals surface area (Å²) < 4.78 is 0. The first kappa shape index (κ1) is 7.77. The Morgan fingerprint density at radius 2 is 2.45 bits per heavy atom. The van der Waals surface area contributed by atoms with E-state index < -0.39 is 0 Å². The van der Waals surface area contributed by atoms with E-state index in [-0.39, 0.29) is 6.04 Å². The Morgan fingerprint density at radius 1 is 1.64 bits per heavy atom. The van der Waals surface area contributed by atoms with Crippen LogP contribution in [0.2, 0.25) is 0 Å². The van der Waals surface area contributed by atoms with Gasteiger partial charge in [0.25, 0.3) is 0 Å². The van der Waals surface area contributed by atoms with E-state index in [1.54, 1.807) is 6.20 Å². The summed E-state index contributed by atoms with van der Waals surface area (Å²) in [5, 5.41) is 0. The van der Waals surface area contributed by atoms with Crippen LogP contribution in [0, 0.1) is 12.3 Å². The van der Waals surface area contributed by atoms with Gasteiger partial charge in [0, 0.05) is 12.6 Å². The van der Waals surface area contributed by atoms with Crippen LogP contribution in [0.4, 0.5) is 0 Å². The third kappa shape index (κ3) is 2.06. The van der Waals surface area contributed by atoms with Crippen LogP contribution in [0.1, 0.15) is 18.2 Å². The standard InChI is InChI=1S/C9H10N2/c1-2-5-8(10)9-6-3-4-7-11-9/h1,3-4,6-8H,5,10H2. The molecule has 2 N–H and O–H groups in total. The molecule has 0 bridgehead atoms. The molecule has 0 amide bonds. The van der Waals surface area contributed by atoms with Crippen molar-refractivity contribution in [1.29, 1.82) is 0 Å². The van der Waals surface area contributed by atoms with Crippen LogP contribution < -0.4 is 5.73 Å². The first-order chi connectivity index (χ1) is 5.34. The van der Waals surface area contributed by atoms with Crippen LogP contribution in [0.15, 0.2) is 24.4 Å². The summed E-state index contributed by atoms with van der Waals surface area (Å²) >= 11 is 0. The predicted octanol–water partition coefficient (Wildman–Crippen LogP) is 1.10. The zero-order valence-corrected chi connectivity index (χ0v) is 6.20. The molecule has 56 valence electrons. The highest BCUT2D eigenvalue weighted by molar-refractivity contribution is 5.10. The van der Waals surface area contributed by atoms with Gasteiger partial charge in [-0.2, -0.15) is 0 Å². The van der Waals surface area contributed by atoms with Gasteiger partial charge in [0.1, 0.15) is 0 Å². The smallest absolute Gasteiger partial charge is 0.0580 e. The van der Waals surface area contributed by atoms with Crippen molar-refractivity contribution in [2.75, 3.05) is 0 Å². The third-order valence-electron chi connectivity index (χ3n) is 1.41. The van der Waals surface area contributed by atoms with E-state index >= 15 is 0 Å². The van der Waals surface area contributed by atoms with Gasteiger partial charge in [-0.1, -0.05) is 6.07 Å². The molecule has 1 aromatic heterocycles. The summed E-state index contributed by atoms with van der Waals surface area (Å²) in [6.07, 6.45) is 7.36. The summed E-state index contributed by atoms with van der Waals surface area (Å²) in [5.74, 6) is 2.50. The van der Waals surface area contributed by atoms with E-state index in [9.17, 15) is 0 Å². The normalized spacial score (nSPS) is 12.0. The first-order valence-corrected chi connectivity index (χ1v) is 3.44. The number of hydrogen-bond donors (Lipinski definition) is 1. The summed E-state index contributed by atoms with van der Waals surface area (Å²) in [7, 11) is 0. The van der Waals surface area contributed by atoms with E-state index in [1.165, 1.54) is 0 Å². The lowest BCUT2D eigenvalue weighted by molar-refractivity contribution is 0.725. The molecule has 1 atom stereocenters. The average Bonchev–Trinajstić information content (AvgIpc) is 2.07. The monoisotopic (exact) mass is 146 g/mol. The molecule has 0 aliphatic carbocycles. The van der Waals surface area contributed by atoms with E-state index in [0.717, 1.165) is 5.69 Å². The second-order valence-electron chi connectivity index (χ2n) is 2.27. The molecule has 0 saturated heterocycles. The number of rotatable bonds is 2. The van der Waals surface area contributed by atoms with Gasteiger partial charge in [0.2, 0.25) is 0 Å². The topological polar surface area (TPSA) is 38.9 Å². The number of terminal acetylenes is 1.